The number of thiocarbonyl (C=S) groups is 1. The lowest BCUT2D eigenvalue weighted by Gasteiger charge is -2.16. The summed E-state index contributed by atoms with van der Waals surface area (Å²) in [6.07, 6.45) is -4.37. The van der Waals surface area contributed by atoms with Crippen molar-refractivity contribution in [1.82, 2.24) is 0 Å². The number of hydrogen-bond acceptors (Lipinski definition) is 3. The zero-order chi connectivity index (χ0) is 19.2. The van der Waals surface area contributed by atoms with Gasteiger partial charge in [0.25, 0.3) is 0 Å². The molecule has 0 amide bonds. The molecular weight excluding hydrogens is 365 g/mol. The van der Waals surface area contributed by atoms with Crippen LogP contribution in [0, 0.1) is 0 Å². The first kappa shape index (κ1) is 19.8. The van der Waals surface area contributed by atoms with E-state index in [0.717, 1.165) is 12.1 Å². The van der Waals surface area contributed by atoms with Crippen molar-refractivity contribution in [3.8, 4) is 11.5 Å². The molecule has 2 rings (SSSR count). The Balaban J connectivity index is 2.10. The molecule has 0 fully saturated rings. The molecule has 0 unspecified atom stereocenters. The Labute approximate surface area is 155 Å². The van der Waals surface area contributed by atoms with Crippen LogP contribution in [0.15, 0.2) is 42.5 Å². The zero-order valence-electron chi connectivity index (χ0n) is 14.3. The van der Waals surface area contributed by atoms with Crippen LogP contribution in [0.5, 0.6) is 11.5 Å². The van der Waals surface area contributed by atoms with Crippen LogP contribution in [0.25, 0.3) is 0 Å². The number of halogens is 3. The summed E-state index contributed by atoms with van der Waals surface area (Å²) in [5, 5.41) is 6.05. The molecule has 0 bridgehead atoms. The first-order chi connectivity index (χ1) is 12.3. The summed E-state index contributed by atoms with van der Waals surface area (Å²) in [6.45, 7) is 4.72. The highest BCUT2D eigenvalue weighted by Gasteiger charge is 2.29. The van der Waals surface area contributed by atoms with E-state index in [0.29, 0.717) is 36.1 Å². The van der Waals surface area contributed by atoms with Crippen molar-refractivity contribution in [1.29, 1.82) is 0 Å². The van der Waals surface area contributed by atoms with Gasteiger partial charge in [0.1, 0.15) is 11.5 Å². The Hall–Kier alpha value is -2.48. The predicted molar refractivity (Wildman–Crippen MR) is 100 cm³/mol. The maximum Gasteiger partial charge on any atom is 0.416 e. The first-order valence-electron chi connectivity index (χ1n) is 7.98. The molecule has 0 aromatic heterocycles. The minimum atomic E-state index is -4.37. The maximum atomic E-state index is 12.6. The second kappa shape index (κ2) is 8.75. The smallest absolute Gasteiger partial charge is 0.416 e. The van der Waals surface area contributed by atoms with Crippen molar-refractivity contribution in [2.45, 2.75) is 20.0 Å². The van der Waals surface area contributed by atoms with E-state index in [1.54, 1.807) is 18.2 Å². The van der Waals surface area contributed by atoms with Crippen molar-refractivity contribution >= 4 is 28.7 Å². The summed E-state index contributed by atoms with van der Waals surface area (Å²) in [7, 11) is 0. The molecule has 2 aromatic rings. The molecule has 0 aliphatic carbocycles. The number of ether oxygens (including phenoxy) is 2. The number of rotatable bonds is 6. The van der Waals surface area contributed by atoms with Crippen molar-refractivity contribution in [2.24, 2.45) is 0 Å². The number of alkyl halides is 3. The van der Waals surface area contributed by atoms with Gasteiger partial charge in [0.15, 0.2) is 5.11 Å². The van der Waals surface area contributed by atoms with Crippen molar-refractivity contribution in [3.63, 3.8) is 0 Å². The van der Waals surface area contributed by atoms with Gasteiger partial charge in [-0.05, 0) is 62.5 Å². The van der Waals surface area contributed by atoms with Gasteiger partial charge >= 0.3 is 6.18 Å². The topological polar surface area (TPSA) is 42.5 Å². The summed E-state index contributed by atoms with van der Waals surface area (Å²) in [4.78, 5) is 0. The van der Waals surface area contributed by atoms with Crippen LogP contribution in [0.3, 0.4) is 0 Å². The molecule has 0 saturated heterocycles. The van der Waals surface area contributed by atoms with Crippen LogP contribution in [0.2, 0.25) is 0 Å². The van der Waals surface area contributed by atoms with Crippen LogP contribution < -0.4 is 20.1 Å². The van der Waals surface area contributed by atoms with Gasteiger partial charge in [-0.2, -0.15) is 13.2 Å². The molecule has 140 valence electrons. The Bertz CT molecular complexity index is 749. The molecule has 0 radical (unpaired) electrons. The van der Waals surface area contributed by atoms with Crippen LogP contribution in [-0.4, -0.2) is 18.3 Å². The van der Waals surface area contributed by atoms with Gasteiger partial charge < -0.3 is 20.1 Å². The van der Waals surface area contributed by atoms with Crippen LogP contribution in [-0.2, 0) is 6.18 Å². The second-order valence-electron chi connectivity index (χ2n) is 5.18. The van der Waals surface area contributed by atoms with Gasteiger partial charge in [-0.3, -0.25) is 0 Å². The Morgan fingerprint density at radius 3 is 2.19 bits per heavy atom. The van der Waals surface area contributed by atoms with Crippen LogP contribution >= 0.6 is 12.2 Å². The van der Waals surface area contributed by atoms with Crippen molar-refractivity contribution < 1.29 is 22.6 Å². The van der Waals surface area contributed by atoms with Gasteiger partial charge in [-0.25, -0.2) is 0 Å². The minimum Gasteiger partial charge on any atom is -0.494 e. The standard InChI is InChI=1S/C18H19F3N2O2S/c1-3-24-14-9-10-16(25-4-2)15(11-14)23-17(26)22-13-7-5-12(6-8-13)18(19,20)21/h5-11H,3-4H2,1-2H3,(H2,22,23,26). The summed E-state index contributed by atoms with van der Waals surface area (Å²) < 4.78 is 48.8. The monoisotopic (exact) mass is 384 g/mol. The zero-order valence-corrected chi connectivity index (χ0v) is 15.1. The summed E-state index contributed by atoms with van der Waals surface area (Å²) in [5.74, 6) is 1.24. The third kappa shape index (κ3) is 5.52. The molecule has 26 heavy (non-hydrogen) atoms. The third-order valence-corrected chi connectivity index (χ3v) is 3.48. The summed E-state index contributed by atoms with van der Waals surface area (Å²) >= 11 is 5.24. The molecule has 0 saturated carbocycles. The van der Waals surface area contributed by atoms with Crippen molar-refractivity contribution in [2.75, 3.05) is 23.8 Å². The highest BCUT2D eigenvalue weighted by Crippen LogP contribution is 2.31. The van der Waals surface area contributed by atoms with Gasteiger partial charge in [-0.1, -0.05) is 0 Å². The Morgan fingerprint density at radius 2 is 1.62 bits per heavy atom. The van der Waals surface area contributed by atoms with E-state index in [1.807, 2.05) is 13.8 Å². The highest BCUT2D eigenvalue weighted by molar-refractivity contribution is 7.80. The number of anilines is 2. The fourth-order valence-corrected chi connectivity index (χ4v) is 2.40. The lowest BCUT2D eigenvalue weighted by molar-refractivity contribution is -0.137. The fraction of sp³-hybridized carbons (Fsp3) is 0.278. The Kier molecular flexibility index (Phi) is 6.68. The number of nitrogens with one attached hydrogen (secondary N) is 2. The molecular formula is C18H19F3N2O2S. The molecule has 8 heteroatoms. The first-order valence-corrected chi connectivity index (χ1v) is 8.39. The lowest BCUT2D eigenvalue weighted by atomic mass is 10.2. The molecule has 0 heterocycles. The average molecular weight is 384 g/mol. The minimum absolute atomic E-state index is 0.222. The summed E-state index contributed by atoms with van der Waals surface area (Å²) in [6, 6.07) is 9.91. The molecule has 2 N–H and O–H groups in total. The van der Waals surface area contributed by atoms with E-state index in [9.17, 15) is 13.2 Å². The van der Waals surface area contributed by atoms with Gasteiger partial charge in [0.2, 0.25) is 0 Å². The predicted octanol–water partition coefficient (Wildman–Crippen LogP) is 5.31. The third-order valence-electron chi connectivity index (χ3n) is 3.28. The van der Waals surface area contributed by atoms with Gasteiger partial charge in [0.05, 0.1) is 24.5 Å². The SMILES string of the molecule is CCOc1ccc(OCC)c(NC(=S)Nc2ccc(C(F)(F)F)cc2)c1. The number of benzene rings is 2. The molecule has 0 aliphatic rings. The molecule has 4 nitrogen and oxygen atoms in total. The lowest BCUT2D eigenvalue weighted by Crippen LogP contribution is -2.19. The van der Waals surface area contributed by atoms with Gasteiger partial charge in [-0.15, -0.1) is 0 Å². The quantitative estimate of drug-likeness (QED) is 0.661. The van der Waals surface area contributed by atoms with Crippen LogP contribution in [0.4, 0.5) is 24.5 Å². The van der Waals surface area contributed by atoms with E-state index in [1.165, 1.54) is 12.1 Å². The molecule has 0 atom stereocenters. The number of hydrogen-bond donors (Lipinski definition) is 2. The molecule has 2 aromatic carbocycles. The van der Waals surface area contributed by atoms with E-state index in [-0.39, 0.29) is 5.11 Å². The maximum absolute atomic E-state index is 12.6. The van der Waals surface area contributed by atoms with E-state index in [2.05, 4.69) is 10.6 Å². The van der Waals surface area contributed by atoms with Gasteiger partial charge in [0, 0.05) is 11.8 Å². The second-order valence-corrected chi connectivity index (χ2v) is 5.59. The summed E-state index contributed by atoms with van der Waals surface area (Å²) in [5.41, 5.74) is 0.321. The Morgan fingerprint density at radius 1 is 0.962 bits per heavy atom. The normalized spacial score (nSPS) is 11.0. The molecule has 0 aliphatic heterocycles. The van der Waals surface area contributed by atoms with E-state index >= 15 is 0 Å². The van der Waals surface area contributed by atoms with Crippen molar-refractivity contribution in [3.05, 3.63) is 48.0 Å². The average Bonchev–Trinajstić information content (AvgIpc) is 2.57. The fourth-order valence-electron chi connectivity index (χ4n) is 2.17. The van der Waals surface area contributed by atoms with E-state index < -0.39 is 11.7 Å². The molecule has 0 spiro atoms. The highest BCUT2D eigenvalue weighted by atomic mass is 32.1. The van der Waals surface area contributed by atoms with Crippen LogP contribution in [0.1, 0.15) is 19.4 Å². The largest absolute Gasteiger partial charge is 0.494 e. The van der Waals surface area contributed by atoms with E-state index in [4.69, 9.17) is 21.7 Å².